The number of thiol groups is 1. The summed E-state index contributed by atoms with van der Waals surface area (Å²) in [6.45, 7) is 8.77. The number of hydrogen-bond donors (Lipinski definition) is 2. The van der Waals surface area contributed by atoms with E-state index in [0.717, 1.165) is 5.75 Å². The molecule has 0 radical (unpaired) electrons. The third-order valence-electron chi connectivity index (χ3n) is 1.55. The van der Waals surface area contributed by atoms with Crippen LogP contribution >= 0.6 is 12.6 Å². The first-order chi connectivity index (χ1) is 4.57. The molecule has 0 aliphatic heterocycles. The second-order valence-corrected chi connectivity index (χ2v) is 3.72. The Kier molecular flexibility index (Phi) is 5.18. The summed E-state index contributed by atoms with van der Waals surface area (Å²) in [6.07, 6.45) is 0. The lowest BCUT2D eigenvalue weighted by Crippen LogP contribution is -2.39. The maximum atomic E-state index is 4.27. The zero-order chi connectivity index (χ0) is 8.15. The second-order valence-electron chi connectivity index (χ2n) is 3.35. The van der Waals surface area contributed by atoms with E-state index in [4.69, 9.17) is 0 Å². The van der Waals surface area contributed by atoms with Crippen LogP contribution in [0.5, 0.6) is 0 Å². The van der Waals surface area contributed by atoms with Crippen molar-refractivity contribution in [3.05, 3.63) is 0 Å². The van der Waals surface area contributed by atoms with E-state index in [1.807, 2.05) is 0 Å². The Morgan fingerprint density at radius 2 is 1.70 bits per heavy atom. The largest absolute Gasteiger partial charge is 0.311 e. The van der Waals surface area contributed by atoms with Crippen molar-refractivity contribution in [2.45, 2.75) is 39.8 Å². The van der Waals surface area contributed by atoms with Gasteiger partial charge in [-0.15, -0.1) is 0 Å². The van der Waals surface area contributed by atoms with Crippen molar-refractivity contribution < 1.29 is 0 Å². The van der Waals surface area contributed by atoms with Gasteiger partial charge in [0.1, 0.15) is 0 Å². The molecule has 0 aromatic rings. The quantitative estimate of drug-likeness (QED) is 0.600. The summed E-state index contributed by atoms with van der Waals surface area (Å²) in [6, 6.07) is 1.13. The Hall–Kier alpha value is 0.310. The summed E-state index contributed by atoms with van der Waals surface area (Å²) in [5, 5.41) is 3.45. The van der Waals surface area contributed by atoms with E-state index in [-0.39, 0.29) is 0 Å². The van der Waals surface area contributed by atoms with E-state index in [9.17, 15) is 0 Å². The van der Waals surface area contributed by atoms with Crippen molar-refractivity contribution in [2.75, 3.05) is 5.75 Å². The van der Waals surface area contributed by atoms with Gasteiger partial charge in [-0.05, 0) is 5.92 Å². The average molecular weight is 161 g/mol. The molecule has 62 valence electrons. The van der Waals surface area contributed by atoms with Gasteiger partial charge in [-0.25, -0.2) is 0 Å². The summed E-state index contributed by atoms with van der Waals surface area (Å²) < 4.78 is 0. The van der Waals surface area contributed by atoms with Gasteiger partial charge in [0.2, 0.25) is 0 Å². The standard InChI is InChI=1S/C8H19NS/c1-6(2)8(5-10)9-7(3)4/h6-10H,5H2,1-4H3. The highest BCUT2D eigenvalue weighted by atomic mass is 32.1. The molecule has 0 rings (SSSR count). The van der Waals surface area contributed by atoms with E-state index >= 15 is 0 Å². The highest BCUT2D eigenvalue weighted by molar-refractivity contribution is 7.80. The van der Waals surface area contributed by atoms with Crippen molar-refractivity contribution in [2.24, 2.45) is 5.92 Å². The first-order valence-electron chi connectivity index (χ1n) is 3.94. The normalized spacial score (nSPS) is 14.7. The lowest BCUT2D eigenvalue weighted by atomic mass is 10.1. The van der Waals surface area contributed by atoms with Crippen molar-refractivity contribution in [3.8, 4) is 0 Å². The Bertz CT molecular complexity index is 81.3. The van der Waals surface area contributed by atoms with Crippen LogP contribution in [0.1, 0.15) is 27.7 Å². The van der Waals surface area contributed by atoms with E-state index in [1.54, 1.807) is 0 Å². The zero-order valence-corrected chi connectivity index (χ0v) is 8.28. The van der Waals surface area contributed by atoms with Gasteiger partial charge in [-0.3, -0.25) is 0 Å². The van der Waals surface area contributed by atoms with E-state index in [1.165, 1.54) is 0 Å². The molecule has 0 saturated carbocycles. The van der Waals surface area contributed by atoms with Crippen molar-refractivity contribution in [1.82, 2.24) is 5.32 Å². The second kappa shape index (κ2) is 5.03. The fourth-order valence-corrected chi connectivity index (χ4v) is 1.41. The molecule has 0 bridgehead atoms. The van der Waals surface area contributed by atoms with Crippen LogP contribution in [0.15, 0.2) is 0 Å². The molecule has 1 N–H and O–H groups in total. The molecule has 1 unspecified atom stereocenters. The number of hydrogen-bond acceptors (Lipinski definition) is 2. The summed E-state index contributed by atoms with van der Waals surface area (Å²) >= 11 is 4.27. The predicted octanol–water partition coefficient (Wildman–Crippen LogP) is 1.94. The minimum Gasteiger partial charge on any atom is -0.311 e. The molecule has 0 aliphatic carbocycles. The molecule has 0 amide bonds. The SMILES string of the molecule is CC(C)NC(CS)C(C)C. The summed E-state index contributed by atoms with van der Waals surface area (Å²) in [4.78, 5) is 0. The smallest absolute Gasteiger partial charge is 0.0181 e. The fourth-order valence-electron chi connectivity index (χ4n) is 0.884. The van der Waals surface area contributed by atoms with E-state index < -0.39 is 0 Å². The Morgan fingerprint density at radius 3 is 1.80 bits per heavy atom. The molecule has 0 aromatic heterocycles. The maximum absolute atomic E-state index is 4.27. The van der Waals surface area contributed by atoms with Gasteiger partial charge < -0.3 is 5.32 Å². The third kappa shape index (κ3) is 4.18. The number of nitrogens with one attached hydrogen (secondary N) is 1. The van der Waals surface area contributed by atoms with Gasteiger partial charge in [0.25, 0.3) is 0 Å². The van der Waals surface area contributed by atoms with Crippen LogP contribution in [0.3, 0.4) is 0 Å². The Balaban J connectivity index is 3.60. The molecule has 0 spiro atoms. The third-order valence-corrected chi connectivity index (χ3v) is 1.94. The summed E-state index contributed by atoms with van der Waals surface area (Å²) in [5.74, 6) is 1.61. The first-order valence-corrected chi connectivity index (χ1v) is 4.58. The van der Waals surface area contributed by atoms with Crippen LogP contribution < -0.4 is 5.32 Å². The summed E-state index contributed by atoms with van der Waals surface area (Å²) in [7, 11) is 0. The monoisotopic (exact) mass is 161 g/mol. The highest BCUT2D eigenvalue weighted by Crippen LogP contribution is 2.03. The van der Waals surface area contributed by atoms with Crippen LogP contribution in [0.4, 0.5) is 0 Å². The van der Waals surface area contributed by atoms with Gasteiger partial charge in [0.05, 0.1) is 0 Å². The van der Waals surface area contributed by atoms with Crippen LogP contribution in [-0.2, 0) is 0 Å². The molecule has 0 saturated heterocycles. The molecule has 0 aromatic carbocycles. The zero-order valence-electron chi connectivity index (χ0n) is 7.39. The van der Waals surface area contributed by atoms with Gasteiger partial charge in [-0.2, -0.15) is 12.6 Å². The molecule has 10 heavy (non-hydrogen) atoms. The molecule has 0 heterocycles. The lowest BCUT2D eigenvalue weighted by molar-refractivity contribution is 0.401. The molecule has 1 nitrogen and oxygen atoms in total. The summed E-state index contributed by atoms with van der Waals surface area (Å²) in [5.41, 5.74) is 0. The lowest BCUT2D eigenvalue weighted by Gasteiger charge is -2.22. The highest BCUT2D eigenvalue weighted by Gasteiger charge is 2.10. The molecular weight excluding hydrogens is 142 g/mol. The molecular formula is C8H19NS. The van der Waals surface area contributed by atoms with Gasteiger partial charge in [0.15, 0.2) is 0 Å². The fraction of sp³-hybridized carbons (Fsp3) is 1.00. The van der Waals surface area contributed by atoms with Crippen LogP contribution in [-0.4, -0.2) is 17.8 Å². The van der Waals surface area contributed by atoms with Crippen LogP contribution in [0, 0.1) is 5.92 Å². The van der Waals surface area contributed by atoms with Gasteiger partial charge in [-0.1, -0.05) is 27.7 Å². The molecule has 0 aliphatic rings. The number of rotatable bonds is 4. The minimum atomic E-state index is 0.559. The first kappa shape index (κ1) is 10.3. The molecule has 2 heteroatoms. The average Bonchev–Trinajstić information content (AvgIpc) is 1.81. The predicted molar refractivity (Wildman–Crippen MR) is 50.8 cm³/mol. The minimum absolute atomic E-state index is 0.559. The van der Waals surface area contributed by atoms with Gasteiger partial charge in [0, 0.05) is 17.8 Å². The van der Waals surface area contributed by atoms with Crippen molar-refractivity contribution in [3.63, 3.8) is 0 Å². The van der Waals surface area contributed by atoms with Crippen LogP contribution in [0.25, 0.3) is 0 Å². The van der Waals surface area contributed by atoms with Gasteiger partial charge >= 0.3 is 0 Å². The maximum Gasteiger partial charge on any atom is 0.0181 e. The van der Waals surface area contributed by atoms with E-state index in [2.05, 4.69) is 45.6 Å². The molecule has 1 atom stereocenters. The van der Waals surface area contributed by atoms with E-state index in [0.29, 0.717) is 18.0 Å². The Labute approximate surface area is 70.0 Å². The molecule has 0 fully saturated rings. The van der Waals surface area contributed by atoms with Crippen molar-refractivity contribution in [1.29, 1.82) is 0 Å². The Morgan fingerprint density at radius 1 is 1.20 bits per heavy atom. The topological polar surface area (TPSA) is 12.0 Å². The van der Waals surface area contributed by atoms with Crippen molar-refractivity contribution >= 4 is 12.6 Å². The van der Waals surface area contributed by atoms with Crippen LogP contribution in [0.2, 0.25) is 0 Å².